The Labute approximate surface area is 71.0 Å². The van der Waals surface area contributed by atoms with Gasteiger partial charge in [0.25, 0.3) is 0 Å². The average molecular weight is 161 g/mol. The Morgan fingerprint density at radius 1 is 1.42 bits per heavy atom. The van der Waals surface area contributed by atoms with Crippen molar-refractivity contribution in [2.24, 2.45) is 7.05 Å². The van der Waals surface area contributed by atoms with Gasteiger partial charge in [0.1, 0.15) is 5.52 Å². The summed E-state index contributed by atoms with van der Waals surface area (Å²) in [6, 6.07) is 4.11. The number of hydrogen-bond donors (Lipinski definition) is 0. The Morgan fingerprint density at radius 3 is 3.00 bits per heavy atom. The largest absolute Gasteiger partial charge is 0.266 e. The molecule has 0 aliphatic rings. The fraction of sp³-hybridized carbons (Fsp3) is 0.333. The number of aryl methyl sites for hydroxylation is 2. The molecule has 0 amide bonds. The Hall–Kier alpha value is -1.38. The van der Waals surface area contributed by atoms with Gasteiger partial charge in [-0.2, -0.15) is 5.10 Å². The highest BCUT2D eigenvalue weighted by Gasteiger charge is 1.99. The normalized spacial score (nSPS) is 10.8. The van der Waals surface area contributed by atoms with Crippen LogP contribution in [0.2, 0.25) is 0 Å². The summed E-state index contributed by atoms with van der Waals surface area (Å²) >= 11 is 0. The van der Waals surface area contributed by atoms with Crippen molar-refractivity contribution in [3.05, 3.63) is 24.0 Å². The summed E-state index contributed by atoms with van der Waals surface area (Å²) in [5, 5.41) is 4.13. The van der Waals surface area contributed by atoms with Gasteiger partial charge in [-0.1, -0.05) is 6.92 Å². The molecule has 0 N–H and O–H groups in total. The smallest absolute Gasteiger partial charge is 0.109 e. The van der Waals surface area contributed by atoms with Gasteiger partial charge >= 0.3 is 0 Å². The zero-order valence-electron chi connectivity index (χ0n) is 7.28. The van der Waals surface area contributed by atoms with Crippen LogP contribution in [0.15, 0.2) is 18.3 Å². The van der Waals surface area contributed by atoms with E-state index in [0.29, 0.717) is 0 Å². The third kappa shape index (κ3) is 0.978. The van der Waals surface area contributed by atoms with E-state index in [-0.39, 0.29) is 0 Å². The maximum absolute atomic E-state index is 4.43. The molecule has 2 aromatic rings. The van der Waals surface area contributed by atoms with Crippen LogP contribution in [0.1, 0.15) is 12.6 Å². The van der Waals surface area contributed by atoms with Gasteiger partial charge in [0.2, 0.25) is 0 Å². The fourth-order valence-electron chi connectivity index (χ4n) is 1.28. The minimum Gasteiger partial charge on any atom is -0.266 e. The monoisotopic (exact) mass is 161 g/mol. The van der Waals surface area contributed by atoms with Crippen LogP contribution in [-0.4, -0.2) is 14.8 Å². The van der Waals surface area contributed by atoms with Crippen LogP contribution in [-0.2, 0) is 13.5 Å². The third-order valence-corrected chi connectivity index (χ3v) is 2.02. The van der Waals surface area contributed by atoms with E-state index in [4.69, 9.17) is 0 Å². The van der Waals surface area contributed by atoms with Gasteiger partial charge in [-0.05, 0) is 18.6 Å². The molecule has 0 saturated heterocycles. The number of aromatic nitrogens is 3. The van der Waals surface area contributed by atoms with Crippen molar-refractivity contribution in [2.75, 3.05) is 0 Å². The SMILES string of the molecule is CCc1ccc2c(cnn2C)n1. The Balaban J connectivity index is 2.69. The highest BCUT2D eigenvalue weighted by molar-refractivity contribution is 5.73. The van der Waals surface area contributed by atoms with Gasteiger partial charge in [-0.3, -0.25) is 4.68 Å². The second kappa shape index (κ2) is 2.59. The Morgan fingerprint density at radius 2 is 2.25 bits per heavy atom. The highest BCUT2D eigenvalue weighted by atomic mass is 15.3. The molecule has 3 nitrogen and oxygen atoms in total. The zero-order valence-corrected chi connectivity index (χ0v) is 7.28. The molecule has 0 aromatic carbocycles. The van der Waals surface area contributed by atoms with Crippen LogP contribution < -0.4 is 0 Å². The van der Waals surface area contributed by atoms with E-state index in [0.717, 1.165) is 23.1 Å². The van der Waals surface area contributed by atoms with E-state index in [1.807, 2.05) is 17.8 Å². The standard InChI is InChI=1S/C9H11N3/c1-3-7-4-5-9-8(11-7)6-10-12(9)2/h4-6H,3H2,1-2H3. The second-order valence-corrected chi connectivity index (χ2v) is 2.83. The summed E-state index contributed by atoms with van der Waals surface area (Å²) in [5.41, 5.74) is 3.19. The van der Waals surface area contributed by atoms with Gasteiger partial charge in [0.05, 0.1) is 11.7 Å². The van der Waals surface area contributed by atoms with E-state index < -0.39 is 0 Å². The summed E-state index contributed by atoms with van der Waals surface area (Å²) in [7, 11) is 1.93. The van der Waals surface area contributed by atoms with Crippen LogP contribution in [0, 0.1) is 0 Å². The summed E-state index contributed by atoms with van der Waals surface area (Å²) in [6.07, 6.45) is 2.78. The first kappa shape index (κ1) is 7.28. The van der Waals surface area contributed by atoms with E-state index in [2.05, 4.69) is 23.1 Å². The number of nitrogens with zero attached hydrogens (tertiary/aromatic N) is 3. The predicted molar refractivity (Wildman–Crippen MR) is 47.9 cm³/mol. The van der Waals surface area contributed by atoms with Crippen molar-refractivity contribution in [3.63, 3.8) is 0 Å². The molecule has 3 heteroatoms. The maximum Gasteiger partial charge on any atom is 0.109 e. The van der Waals surface area contributed by atoms with Gasteiger partial charge in [-0.25, -0.2) is 4.98 Å². The zero-order chi connectivity index (χ0) is 8.55. The van der Waals surface area contributed by atoms with Crippen molar-refractivity contribution in [1.82, 2.24) is 14.8 Å². The third-order valence-electron chi connectivity index (χ3n) is 2.02. The number of hydrogen-bond acceptors (Lipinski definition) is 2. The molecule has 0 aliphatic heterocycles. The first-order valence-corrected chi connectivity index (χ1v) is 4.09. The van der Waals surface area contributed by atoms with Crippen molar-refractivity contribution in [1.29, 1.82) is 0 Å². The molecule has 0 fully saturated rings. The molecule has 0 atom stereocenters. The maximum atomic E-state index is 4.43. The minimum absolute atomic E-state index is 0.977. The van der Waals surface area contributed by atoms with Crippen molar-refractivity contribution < 1.29 is 0 Å². The minimum atomic E-state index is 0.977. The van der Waals surface area contributed by atoms with Crippen molar-refractivity contribution in [2.45, 2.75) is 13.3 Å². The first-order chi connectivity index (χ1) is 5.81. The van der Waals surface area contributed by atoms with Crippen molar-refractivity contribution >= 4 is 11.0 Å². The lowest BCUT2D eigenvalue weighted by molar-refractivity contribution is 0.797. The van der Waals surface area contributed by atoms with Gasteiger partial charge in [0, 0.05) is 12.7 Å². The van der Waals surface area contributed by atoms with Crippen LogP contribution in [0.25, 0.3) is 11.0 Å². The molecule has 2 aromatic heterocycles. The van der Waals surface area contributed by atoms with E-state index >= 15 is 0 Å². The molecule has 0 radical (unpaired) electrons. The lowest BCUT2D eigenvalue weighted by Gasteiger charge is -1.95. The molecule has 0 unspecified atom stereocenters. The molecule has 0 spiro atoms. The van der Waals surface area contributed by atoms with Crippen molar-refractivity contribution in [3.8, 4) is 0 Å². The predicted octanol–water partition coefficient (Wildman–Crippen LogP) is 1.53. The molecule has 2 heterocycles. The van der Waals surface area contributed by atoms with Crippen LogP contribution >= 0.6 is 0 Å². The fourth-order valence-corrected chi connectivity index (χ4v) is 1.28. The molecular weight excluding hydrogens is 150 g/mol. The van der Waals surface area contributed by atoms with Crippen LogP contribution in [0.5, 0.6) is 0 Å². The molecular formula is C9H11N3. The van der Waals surface area contributed by atoms with E-state index in [1.54, 1.807) is 6.20 Å². The first-order valence-electron chi connectivity index (χ1n) is 4.09. The highest BCUT2D eigenvalue weighted by Crippen LogP contribution is 2.10. The van der Waals surface area contributed by atoms with Gasteiger partial charge in [0.15, 0.2) is 0 Å². The topological polar surface area (TPSA) is 30.7 Å². The molecule has 0 saturated carbocycles. The average Bonchev–Trinajstić information content (AvgIpc) is 2.47. The van der Waals surface area contributed by atoms with Gasteiger partial charge < -0.3 is 0 Å². The molecule has 0 bridgehead atoms. The van der Waals surface area contributed by atoms with Crippen LogP contribution in [0.4, 0.5) is 0 Å². The molecule has 12 heavy (non-hydrogen) atoms. The molecule has 62 valence electrons. The van der Waals surface area contributed by atoms with Crippen LogP contribution in [0.3, 0.4) is 0 Å². The molecule has 0 aliphatic carbocycles. The number of rotatable bonds is 1. The number of fused-ring (bicyclic) bond motifs is 1. The summed E-state index contributed by atoms with van der Waals surface area (Å²) in [5.74, 6) is 0. The number of pyridine rings is 1. The Bertz CT molecular complexity index is 403. The summed E-state index contributed by atoms with van der Waals surface area (Å²) in [6.45, 7) is 2.10. The van der Waals surface area contributed by atoms with Gasteiger partial charge in [-0.15, -0.1) is 0 Å². The summed E-state index contributed by atoms with van der Waals surface area (Å²) in [4.78, 5) is 4.43. The second-order valence-electron chi connectivity index (χ2n) is 2.83. The Kier molecular flexibility index (Phi) is 1.57. The van der Waals surface area contributed by atoms with E-state index in [1.165, 1.54) is 0 Å². The lowest BCUT2D eigenvalue weighted by atomic mass is 10.3. The van der Waals surface area contributed by atoms with E-state index in [9.17, 15) is 0 Å². The lowest BCUT2D eigenvalue weighted by Crippen LogP contribution is -1.90. The molecule has 2 rings (SSSR count). The summed E-state index contributed by atoms with van der Waals surface area (Å²) < 4.78 is 1.84. The quantitative estimate of drug-likeness (QED) is 0.635.